The van der Waals surface area contributed by atoms with E-state index < -0.39 is 5.97 Å². The summed E-state index contributed by atoms with van der Waals surface area (Å²) in [5.41, 5.74) is 2.12. The van der Waals surface area contributed by atoms with Gasteiger partial charge in [0.1, 0.15) is 21.8 Å². The molecule has 4 rings (SSSR count). The number of carboxylic acid groups (broad SMARTS) is 1. The van der Waals surface area contributed by atoms with Crippen molar-refractivity contribution in [1.82, 2.24) is 9.47 Å². The largest absolute Gasteiger partial charge is 0.481 e. The van der Waals surface area contributed by atoms with Crippen LogP contribution >= 0.6 is 24.0 Å². The van der Waals surface area contributed by atoms with Gasteiger partial charge in [-0.05, 0) is 43.5 Å². The molecule has 11 heteroatoms. The second kappa shape index (κ2) is 13.2. The summed E-state index contributed by atoms with van der Waals surface area (Å²) >= 11 is 6.61. The maximum atomic E-state index is 13.5. The number of piperazine rings is 1. The summed E-state index contributed by atoms with van der Waals surface area (Å²) in [5, 5.41) is 18.9. The molecule has 1 N–H and O–H groups in total. The molecule has 0 radical (unpaired) electrons. The average molecular weight is 580 g/mol. The molecule has 9 nitrogen and oxygen atoms in total. The van der Waals surface area contributed by atoms with Crippen molar-refractivity contribution >= 4 is 57.8 Å². The Morgan fingerprint density at radius 2 is 1.77 bits per heavy atom. The maximum Gasteiger partial charge on any atom is 0.303 e. The zero-order valence-electron chi connectivity index (χ0n) is 22.8. The molecule has 1 aromatic carbocycles. The van der Waals surface area contributed by atoms with Crippen LogP contribution in [0.1, 0.15) is 49.3 Å². The first-order chi connectivity index (χ1) is 19.3. The average Bonchev–Trinajstić information content (AvgIpc) is 3.22. The number of para-hydroxylation sites is 1. The number of carbonyl (C=O) groups excluding carboxylic acids is 1. The minimum Gasteiger partial charge on any atom is -0.481 e. The van der Waals surface area contributed by atoms with Crippen molar-refractivity contribution in [3.63, 3.8) is 0 Å². The van der Waals surface area contributed by atoms with E-state index in [1.807, 2.05) is 18.2 Å². The van der Waals surface area contributed by atoms with Crippen molar-refractivity contribution in [3.05, 3.63) is 62.3 Å². The van der Waals surface area contributed by atoms with Gasteiger partial charge in [0.2, 0.25) is 0 Å². The van der Waals surface area contributed by atoms with E-state index in [1.54, 1.807) is 17.6 Å². The summed E-state index contributed by atoms with van der Waals surface area (Å²) in [4.78, 5) is 44.1. The fourth-order valence-corrected chi connectivity index (χ4v) is 6.33. The molecule has 0 spiro atoms. The summed E-state index contributed by atoms with van der Waals surface area (Å²) in [7, 11) is 0. The smallest absolute Gasteiger partial charge is 0.303 e. The Hall–Kier alpha value is -3.62. The number of carboxylic acids is 1. The molecule has 0 unspecified atom stereocenters. The number of benzene rings is 1. The Morgan fingerprint density at radius 3 is 2.40 bits per heavy atom. The second-order valence-electron chi connectivity index (χ2n) is 9.80. The molecule has 3 heterocycles. The highest BCUT2D eigenvalue weighted by Crippen LogP contribution is 2.36. The maximum absolute atomic E-state index is 13.5. The minimum absolute atomic E-state index is 0.0533. The highest BCUT2D eigenvalue weighted by molar-refractivity contribution is 8.26. The zero-order valence-corrected chi connectivity index (χ0v) is 24.4. The van der Waals surface area contributed by atoms with E-state index in [0.717, 1.165) is 49.2 Å². The molecule has 2 aliphatic heterocycles. The van der Waals surface area contributed by atoms with Gasteiger partial charge in [0.15, 0.2) is 0 Å². The molecule has 40 heavy (non-hydrogen) atoms. The summed E-state index contributed by atoms with van der Waals surface area (Å²) in [6, 6.07) is 12.3. The lowest BCUT2D eigenvalue weighted by molar-refractivity contribution is -0.137. The van der Waals surface area contributed by atoms with Gasteiger partial charge in [-0.1, -0.05) is 55.5 Å². The van der Waals surface area contributed by atoms with Gasteiger partial charge in [-0.3, -0.25) is 23.9 Å². The number of rotatable bonds is 10. The monoisotopic (exact) mass is 579 g/mol. The van der Waals surface area contributed by atoms with Crippen LogP contribution in [0.4, 0.5) is 11.5 Å². The summed E-state index contributed by atoms with van der Waals surface area (Å²) < 4.78 is 2.07. The van der Waals surface area contributed by atoms with Gasteiger partial charge in [0.05, 0.1) is 4.91 Å². The number of aromatic nitrogens is 1. The predicted octanol–water partition coefficient (Wildman–Crippen LogP) is 4.22. The van der Waals surface area contributed by atoms with Gasteiger partial charge in [-0.15, -0.1) is 0 Å². The predicted molar refractivity (Wildman–Crippen MR) is 163 cm³/mol. The lowest BCUT2D eigenvalue weighted by Gasteiger charge is -2.39. The zero-order chi connectivity index (χ0) is 28.8. The van der Waals surface area contributed by atoms with Crippen LogP contribution in [0.5, 0.6) is 0 Å². The number of anilines is 2. The number of unbranched alkanes of at least 4 members (excludes halogenated alkanes) is 1. The standard InChI is InChI=1S/C29H33N5O4S2/c1-3-4-12-33-26(32-16-14-31(15-17-32)21-9-6-5-7-10-21)22(20(2)23(19-30)27(33)37)18-24-28(38)34(29(39)40-24)13-8-11-25(35)36/h5-7,9-10,18H,3-4,8,11-17H2,1-2H3,(H,35,36)/b24-18+. The van der Waals surface area contributed by atoms with Gasteiger partial charge in [0.25, 0.3) is 11.5 Å². The number of nitriles is 1. The number of aliphatic carboxylic acids is 1. The van der Waals surface area contributed by atoms with Gasteiger partial charge in [-0.25, -0.2) is 0 Å². The van der Waals surface area contributed by atoms with Crippen LogP contribution in [0.3, 0.4) is 0 Å². The molecule has 1 aromatic heterocycles. The Balaban J connectivity index is 1.74. The number of thiocarbonyl (C=S) groups is 1. The first kappa shape index (κ1) is 29.4. The third-order valence-electron chi connectivity index (χ3n) is 7.20. The third-order valence-corrected chi connectivity index (χ3v) is 8.58. The van der Waals surface area contributed by atoms with Crippen molar-refractivity contribution in [1.29, 1.82) is 5.26 Å². The summed E-state index contributed by atoms with van der Waals surface area (Å²) in [6.45, 7) is 7.36. The third kappa shape index (κ3) is 6.24. The van der Waals surface area contributed by atoms with Crippen LogP contribution in [0.15, 0.2) is 40.0 Å². The van der Waals surface area contributed by atoms with Gasteiger partial charge in [-0.2, -0.15) is 5.26 Å². The van der Waals surface area contributed by atoms with Crippen molar-refractivity contribution in [2.24, 2.45) is 0 Å². The highest BCUT2D eigenvalue weighted by atomic mass is 32.2. The number of nitrogens with zero attached hydrogens (tertiary/aromatic N) is 5. The molecule has 2 aliphatic rings. The highest BCUT2D eigenvalue weighted by Gasteiger charge is 2.33. The molecule has 210 valence electrons. The van der Waals surface area contributed by atoms with Gasteiger partial charge < -0.3 is 14.9 Å². The molecule has 0 atom stereocenters. The normalized spacial score (nSPS) is 16.6. The first-order valence-corrected chi connectivity index (χ1v) is 14.7. The van der Waals surface area contributed by atoms with Crippen LogP contribution in [0, 0.1) is 18.3 Å². The number of hydrogen-bond acceptors (Lipinski definition) is 8. The number of pyridine rings is 1. The SMILES string of the molecule is CCCCn1c(N2CCN(c3ccccc3)CC2)c(/C=C2/SC(=S)N(CCCC(=O)O)C2=O)c(C)c(C#N)c1=O. The molecule has 2 aromatic rings. The molecule has 0 bridgehead atoms. The fourth-order valence-electron chi connectivity index (χ4n) is 5.04. The lowest BCUT2D eigenvalue weighted by Crippen LogP contribution is -2.48. The van der Waals surface area contributed by atoms with Crippen LogP contribution in [0.2, 0.25) is 0 Å². The van der Waals surface area contributed by atoms with Crippen molar-refractivity contribution < 1.29 is 14.7 Å². The topological polar surface area (TPSA) is 110 Å². The summed E-state index contributed by atoms with van der Waals surface area (Å²) in [5.74, 6) is -0.491. The van der Waals surface area contributed by atoms with Crippen molar-refractivity contribution in [2.45, 2.75) is 46.1 Å². The number of thioether (sulfide) groups is 1. The van der Waals surface area contributed by atoms with E-state index in [2.05, 4.69) is 34.9 Å². The molecule has 0 saturated carbocycles. The molecule has 2 saturated heterocycles. The number of carbonyl (C=O) groups is 2. The Labute approximate surface area is 243 Å². The molecule has 1 amide bonds. The van der Waals surface area contributed by atoms with Gasteiger partial charge in [0, 0.05) is 56.9 Å². The second-order valence-corrected chi connectivity index (χ2v) is 11.5. The van der Waals surface area contributed by atoms with Crippen molar-refractivity contribution in [2.75, 3.05) is 42.5 Å². The van der Waals surface area contributed by atoms with Crippen molar-refractivity contribution in [3.8, 4) is 6.07 Å². The number of amides is 1. The quantitative estimate of drug-likeness (QED) is 0.327. The van der Waals surface area contributed by atoms with Crippen LogP contribution in [-0.4, -0.2) is 63.5 Å². The van der Waals surface area contributed by atoms with E-state index in [4.69, 9.17) is 17.3 Å². The lowest BCUT2D eigenvalue weighted by atomic mass is 10.0. The molecule has 0 aliphatic carbocycles. The Kier molecular flexibility index (Phi) is 9.66. The van der Waals surface area contributed by atoms with E-state index in [0.29, 0.717) is 46.4 Å². The fraction of sp³-hybridized carbons (Fsp3) is 0.414. The first-order valence-electron chi connectivity index (χ1n) is 13.5. The summed E-state index contributed by atoms with van der Waals surface area (Å²) in [6.07, 6.45) is 3.66. The molecule has 2 fully saturated rings. The van der Waals surface area contributed by atoms with Gasteiger partial charge >= 0.3 is 5.97 Å². The number of hydrogen-bond donors (Lipinski definition) is 1. The molecular weight excluding hydrogens is 546 g/mol. The van der Waals surface area contributed by atoms with E-state index in [-0.39, 0.29) is 30.0 Å². The van der Waals surface area contributed by atoms with E-state index in [1.165, 1.54) is 4.90 Å². The van der Waals surface area contributed by atoms with Crippen LogP contribution in [-0.2, 0) is 16.1 Å². The Bertz CT molecular complexity index is 1420. The molecular formula is C29H33N5O4S2. The van der Waals surface area contributed by atoms with E-state index in [9.17, 15) is 19.6 Å². The van der Waals surface area contributed by atoms with Crippen LogP contribution in [0.25, 0.3) is 6.08 Å². The minimum atomic E-state index is -0.924. The Morgan fingerprint density at radius 1 is 1.10 bits per heavy atom. The van der Waals surface area contributed by atoms with E-state index >= 15 is 0 Å². The van der Waals surface area contributed by atoms with Crippen LogP contribution < -0.4 is 15.4 Å².